The maximum absolute atomic E-state index is 12.5. The van der Waals surface area contributed by atoms with Crippen LogP contribution in [-0.2, 0) is 9.53 Å². The van der Waals surface area contributed by atoms with E-state index in [1.54, 1.807) is 0 Å². The lowest BCUT2D eigenvalue weighted by Gasteiger charge is -2.43. The van der Waals surface area contributed by atoms with Crippen LogP contribution in [0.5, 0.6) is 0 Å². The van der Waals surface area contributed by atoms with Gasteiger partial charge in [-0.2, -0.15) is 0 Å². The van der Waals surface area contributed by atoms with Crippen molar-refractivity contribution in [3.05, 3.63) is 0 Å². The van der Waals surface area contributed by atoms with Crippen molar-refractivity contribution < 1.29 is 9.53 Å². The highest BCUT2D eigenvalue weighted by Gasteiger charge is 2.34. The monoisotopic (exact) mass is 308 g/mol. The van der Waals surface area contributed by atoms with Gasteiger partial charge in [0.15, 0.2) is 0 Å². The van der Waals surface area contributed by atoms with E-state index < -0.39 is 0 Å². The Bertz CT molecular complexity index is 391. The molecule has 1 aliphatic carbocycles. The van der Waals surface area contributed by atoms with Crippen LogP contribution in [0.4, 0.5) is 0 Å². The average Bonchev–Trinajstić information content (AvgIpc) is 2.47. The molecule has 3 aliphatic rings. The minimum Gasteiger partial charge on any atom is -0.376 e. The van der Waals surface area contributed by atoms with Crippen molar-refractivity contribution in [2.24, 2.45) is 5.92 Å². The second kappa shape index (κ2) is 6.88. The van der Waals surface area contributed by atoms with Crippen molar-refractivity contribution in [2.75, 3.05) is 32.8 Å². The van der Waals surface area contributed by atoms with Crippen LogP contribution >= 0.6 is 0 Å². The molecule has 22 heavy (non-hydrogen) atoms. The summed E-state index contributed by atoms with van der Waals surface area (Å²) in [4.78, 5) is 17.1. The zero-order chi connectivity index (χ0) is 15.6. The highest BCUT2D eigenvalue weighted by atomic mass is 16.5. The van der Waals surface area contributed by atoms with Gasteiger partial charge in [0.2, 0.25) is 5.91 Å². The Morgan fingerprint density at radius 3 is 2.59 bits per heavy atom. The lowest BCUT2D eigenvalue weighted by Crippen LogP contribution is -2.55. The van der Waals surface area contributed by atoms with Crippen molar-refractivity contribution in [1.82, 2.24) is 9.80 Å². The quantitative estimate of drug-likeness (QED) is 0.803. The van der Waals surface area contributed by atoms with E-state index in [4.69, 9.17) is 4.74 Å². The number of amides is 1. The highest BCUT2D eigenvalue weighted by Crippen LogP contribution is 2.30. The second-order valence-corrected chi connectivity index (χ2v) is 8.08. The fourth-order valence-electron chi connectivity index (χ4n) is 4.55. The zero-order valence-electron chi connectivity index (χ0n) is 14.4. The summed E-state index contributed by atoms with van der Waals surface area (Å²) in [6, 6.07) is 0.533. The van der Waals surface area contributed by atoms with Gasteiger partial charge in [-0.1, -0.05) is 19.3 Å². The third kappa shape index (κ3) is 4.02. The van der Waals surface area contributed by atoms with Gasteiger partial charge in [0.05, 0.1) is 12.1 Å². The first-order chi connectivity index (χ1) is 10.5. The summed E-state index contributed by atoms with van der Waals surface area (Å²) in [5.74, 6) is 1.04. The highest BCUT2D eigenvalue weighted by molar-refractivity contribution is 5.79. The van der Waals surface area contributed by atoms with Gasteiger partial charge in [0, 0.05) is 32.3 Å². The van der Waals surface area contributed by atoms with Gasteiger partial charge < -0.3 is 9.64 Å². The van der Waals surface area contributed by atoms with E-state index in [9.17, 15) is 4.79 Å². The molecule has 0 aromatic rings. The van der Waals surface area contributed by atoms with Gasteiger partial charge in [0.1, 0.15) is 0 Å². The van der Waals surface area contributed by atoms with Gasteiger partial charge in [-0.15, -0.1) is 0 Å². The van der Waals surface area contributed by atoms with E-state index in [0.717, 1.165) is 39.1 Å². The Kier molecular flexibility index (Phi) is 5.08. The molecule has 0 unspecified atom stereocenters. The van der Waals surface area contributed by atoms with E-state index in [2.05, 4.69) is 23.6 Å². The first-order valence-corrected chi connectivity index (χ1v) is 9.19. The molecule has 0 aromatic carbocycles. The van der Waals surface area contributed by atoms with Crippen molar-refractivity contribution in [3.8, 4) is 0 Å². The van der Waals surface area contributed by atoms with Crippen LogP contribution in [0.2, 0.25) is 0 Å². The third-order valence-corrected chi connectivity index (χ3v) is 5.67. The predicted molar refractivity (Wildman–Crippen MR) is 87.8 cm³/mol. The molecule has 126 valence electrons. The van der Waals surface area contributed by atoms with Crippen LogP contribution in [0.25, 0.3) is 0 Å². The topological polar surface area (TPSA) is 32.8 Å². The molecule has 0 radical (unpaired) electrons. The molecule has 1 amide bonds. The Balaban J connectivity index is 1.48. The summed E-state index contributed by atoms with van der Waals surface area (Å²) in [5.41, 5.74) is 0.0108. The minimum atomic E-state index is 0.0108. The largest absolute Gasteiger partial charge is 0.376 e. The van der Waals surface area contributed by atoms with Crippen LogP contribution in [0.15, 0.2) is 0 Å². The molecule has 2 saturated heterocycles. The molecule has 1 atom stereocenters. The second-order valence-electron chi connectivity index (χ2n) is 8.08. The molecule has 0 N–H and O–H groups in total. The number of hydrogen-bond donors (Lipinski definition) is 0. The number of ether oxygens (including phenoxy) is 1. The summed E-state index contributed by atoms with van der Waals surface area (Å²) < 4.78 is 5.81. The lowest BCUT2D eigenvalue weighted by molar-refractivity contribution is -0.140. The van der Waals surface area contributed by atoms with Gasteiger partial charge in [0.25, 0.3) is 0 Å². The SMILES string of the molecule is CC1(C)C[C@@H](CN2CCN(C3CCCCC3)C(=O)C2)CCO1. The molecular formula is C18H32N2O2. The molecule has 2 heterocycles. The number of carbonyl (C=O) groups excluding carboxylic acids is 1. The van der Waals surface area contributed by atoms with Crippen LogP contribution in [0.3, 0.4) is 0 Å². The predicted octanol–water partition coefficient (Wildman–Crippen LogP) is 2.67. The van der Waals surface area contributed by atoms with Crippen molar-refractivity contribution in [2.45, 2.75) is 70.4 Å². The number of carbonyl (C=O) groups is 1. The normalized spacial score (nSPS) is 31.5. The standard InChI is InChI=1S/C18H32N2O2/c1-18(2)12-15(8-11-22-18)13-19-9-10-20(17(21)14-19)16-6-4-3-5-7-16/h15-16H,3-14H2,1-2H3/t15-/m0/s1. The van der Waals surface area contributed by atoms with E-state index in [0.29, 0.717) is 24.4 Å². The molecular weight excluding hydrogens is 276 g/mol. The Hall–Kier alpha value is -0.610. The Morgan fingerprint density at radius 1 is 1.14 bits per heavy atom. The van der Waals surface area contributed by atoms with Crippen LogP contribution in [-0.4, -0.2) is 60.1 Å². The summed E-state index contributed by atoms with van der Waals surface area (Å²) in [6.07, 6.45) is 8.65. The van der Waals surface area contributed by atoms with E-state index in [1.165, 1.54) is 32.1 Å². The minimum absolute atomic E-state index is 0.0108. The summed E-state index contributed by atoms with van der Waals surface area (Å²) in [6.45, 7) is 8.94. The fourth-order valence-corrected chi connectivity index (χ4v) is 4.55. The average molecular weight is 308 g/mol. The first kappa shape index (κ1) is 16.3. The van der Waals surface area contributed by atoms with Crippen molar-refractivity contribution in [1.29, 1.82) is 0 Å². The molecule has 0 bridgehead atoms. The maximum atomic E-state index is 12.5. The lowest BCUT2D eigenvalue weighted by atomic mass is 9.88. The molecule has 0 spiro atoms. The first-order valence-electron chi connectivity index (χ1n) is 9.19. The van der Waals surface area contributed by atoms with E-state index >= 15 is 0 Å². The van der Waals surface area contributed by atoms with Gasteiger partial charge in [-0.3, -0.25) is 9.69 Å². The van der Waals surface area contributed by atoms with Crippen LogP contribution in [0.1, 0.15) is 58.8 Å². The van der Waals surface area contributed by atoms with Crippen LogP contribution < -0.4 is 0 Å². The molecule has 3 fully saturated rings. The molecule has 4 heteroatoms. The number of piperazine rings is 1. The summed E-state index contributed by atoms with van der Waals surface area (Å²) in [5, 5.41) is 0. The molecule has 3 rings (SSSR count). The number of rotatable bonds is 3. The van der Waals surface area contributed by atoms with Crippen molar-refractivity contribution >= 4 is 5.91 Å². The van der Waals surface area contributed by atoms with Crippen molar-refractivity contribution in [3.63, 3.8) is 0 Å². The Labute approximate surface area is 135 Å². The van der Waals surface area contributed by atoms with E-state index in [1.807, 2.05) is 0 Å². The number of hydrogen-bond acceptors (Lipinski definition) is 3. The smallest absolute Gasteiger partial charge is 0.237 e. The third-order valence-electron chi connectivity index (χ3n) is 5.67. The van der Waals surface area contributed by atoms with Gasteiger partial charge in [-0.05, 0) is 45.4 Å². The molecule has 1 saturated carbocycles. The zero-order valence-corrected chi connectivity index (χ0v) is 14.4. The van der Waals surface area contributed by atoms with Gasteiger partial charge >= 0.3 is 0 Å². The molecule has 2 aliphatic heterocycles. The number of nitrogens with zero attached hydrogens (tertiary/aromatic N) is 2. The summed E-state index contributed by atoms with van der Waals surface area (Å²) in [7, 11) is 0. The van der Waals surface area contributed by atoms with E-state index in [-0.39, 0.29) is 5.60 Å². The summed E-state index contributed by atoms with van der Waals surface area (Å²) >= 11 is 0. The molecule has 4 nitrogen and oxygen atoms in total. The molecule has 0 aromatic heterocycles. The van der Waals surface area contributed by atoms with Gasteiger partial charge in [-0.25, -0.2) is 0 Å². The van der Waals surface area contributed by atoms with Crippen LogP contribution in [0, 0.1) is 5.92 Å². The Morgan fingerprint density at radius 2 is 1.91 bits per heavy atom. The fraction of sp³-hybridized carbons (Fsp3) is 0.944. The maximum Gasteiger partial charge on any atom is 0.237 e.